The molecule has 0 radical (unpaired) electrons. The zero-order valence-electron chi connectivity index (χ0n) is 9.14. The van der Waals surface area contributed by atoms with Crippen LogP contribution in [0.5, 0.6) is 5.75 Å². The average Bonchev–Trinajstić information content (AvgIpc) is 2.26. The van der Waals surface area contributed by atoms with Crippen molar-refractivity contribution in [3.63, 3.8) is 0 Å². The van der Waals surface area contributed by atoms with Gasteiger partial charge in [0.15, 0.2) is 0 Å². The van der Waals surface area contributed by atoms with Gasteiger partial charge in [0.25, 0.3) is 0 Å². The van der Waals surface area contributed by atoms with Gasteiger partial charge in [-0.25, -0.2) is 0 Å². The van der Waals surface area contributed by atoms with Crippen LogP contribution in [0.4, 0.5) is 5.69 Å². The molecule has 0 aliphatic rings. The van der Waals surface area contributed by atoms with Crippen LogP contribution in [0, 0.1) is 0 Å². The Balaban J connectivity index is 2.74. The Labute approximate surface area is 95.9 Å². The van der Waals surface area contributed by atoms with Crippen LogP contribution in [0.2, 0.25) is 5.02 Å². The minimum absolute atomic E-state index is 0.695. The van der Waals surface area contributed by atoms with Crippen LogP contribution in [0.25, 0.3) is 0 Å². The van der Waals surface area contributed by atoms with Gasteiger partial charge in [0.1, 0.15) is 5.75 Å². The van der Waals surface area contributed by atoms with Crippen molar-refractivity contribution in [3.8, 4) is 5.75 Å². The number of nitrogens with one attached hydrogen (secondary N) is 1. The molecule has 0 fully saturated rings. The second-order valence-corrected chi connectivity index (χ2v) is 3.74. The maximum atomic E-state index is 5.91. The molecule has 82 valence electrons. The summed E-state index contributed by atoms with van der Waals surface area (Å²) in [6, 6.07) is 5.50. The van der Waals surface area contributed by atoms with E-state index < -0.39 is 0 Å². The fourth-order valence-electron chi connectivity index (χ4n) is 1.16. The van der Waals surface area contributed by atoms with Crippen molar-refractivity contribution in [2.24, 2.45) is 0 Å². The Hall–Kier alpha value is -1.15. The molecule has 15 heavy (non-hydrogen) atoms. The highest BCUT2D eigenvalue weighted by molar-refractivity contribution is 6.30. The smallest absolute Gasteiger partial charge is 0.142 e. The van der Waals surface area contributed by atoms with Crippen LogP contribution in [-0.2, 0) is 0 Å². The zero-order chi connectivity index (χ0) is 11.3. The quantitative estimate of drug-likeness (QED) is 0.772. The Morgan fingerprint density at radius 2 is 2.27 bits per heavy atom. The standard InChI is InChI=1S/C12H16ClNO/c1-4-9(2)8-14-11-7-10(13)5-6-12(11)15-3/h5-7,14H,2,4,8H2,1,3H3. The summed E-state index contributed by atoms with van der Waals surface area (Å²) in [5.41, 5.74) is 2.05. The summed E-state index contributed by atoms with van der Waals surface area (Å²) in [7, 11) is 1.64. The van der Waals surface area contributed by atoms with Crippen molar-refractivity contribution in [2.45, 2.75) is 13.3 Å². The van der Waals surface area contributed by atoms with Crippen LogP contribution in [0.1, 0.15) is 13.3 Å². The van der Waals surface area contributed by atoms with E-state index in [9.17, 15) is 0 Å². The second kappa shape index (κ2) is 5.66. The maximum absolute atomic E-state index is 5.91. The normalized spacial score (nSPS) is 9.80. The molecule has 0 saturated heterocycles. The summed E-state index contributed by atoms with van der Waals surface area (Å²) in [5, 5.41) is 3.94. The van der Waals surface area contributed by atoms with Crippen LogP contribution in [-0.4, -0.2) is 13.7 Å². The van der Waals surface area contributed by atoms with E-state index >= 15 is 0 Å². The number of rotatable bonds is 5. The summed E-state index contributed by atoms with van der Waals surface area (Å²) in [6.45, 7) is 6.76. The Bertz CT molecular complexity index is 349. The molecule has 0 saturated carbocycles. The van der Waals surface area contributed by atoms with Crippen LogP contribution in [0.15, 0.2) is 30.4 Å². The first-order chi connectivity index (χ1) is 7.17. The van der Waals surface area contributed by atoms with E-state index in [1.807, 2.05) is 12.1 Å². The number of hydrogen-bond donors (Lipinski definition) is 1. The second-order valence-electron chi connectivity index (χ2n) is 3.30. The van der Waals surface area contributed by atoms with E-state index in [2.05, 4.69) is 18.8 Å². The fraction of sp³-hybridized carbons (Fsp3) is 0.333. The van der Waals surface area contributed by atoms with Gasteiger partial charge in [-0.3, -0.25) is 0 Å². The molecule has 0 aliphatic carbocycles. The lowest BCUT2D eigenvalue weighted by atomic mass is 10.2. The Morgan fingerprint density at radius 1 is 1.53 bits per heavy atom. The first kappa shape index (κ1) is 11.9. The molecule has 0 spiro atoms. The third-order valence-corrected chi connectivity index (χ3v) is 2.43. The molecular weight excluding hydrogens is 210 g/mol. The molecule has 0 amide bonds. The molecule has 1 aromatic rings. The number of ether oxygens (including phenoxy) is 1. The molecule has 1 N–H and O–H groups in total. The minimum Gasteiger partial charge on any atom is -0.495 e. The van der Waals surface area contributed by atoms with Gasteiger partial charge >= 0.3 is 0 Å². The summed E-state index contributed by atoms with van der Waals surface area (Å²) < 4.78 is 5.22. The Morgan fingerprint density at radius 3 is 2.87 bits per heavy atom. The molecular formula is C12H16ClNO. The van der Waals surface area contributed by atoms with E-state index in [4.69, 9.17) is 16.3 Å². The lowest BCUT2D eigenvalue weighted by Gasteiger charge is -2.12. The van der Waals surface area contributed by atoms with E-state index in [0.29, 0.717) is 5.02 Å². The van der Waals surface area contributed by atoms with Crippen LogP contribution in [0.3, 0.4) is 0 Å². The van der Waals surface area contributed by atoms with Gasteiger partial charge in [0.05, 0.1) is 12.8 Å². The highest BCUT2D eigenvalue weighted by Gasteiger charge is 2.03. The summed E-state index contributed by atoms with van der Waals surface area (Å²) in [4.78, 5) is 0. The zero-order valence-corrected chi connectivity index (χ0v) is 9.90. The predicted octanol–water partition coefficient (Wildman–Crippen LogP) is 3.73. The highest BCUT2D eigenvalue weighted by atomic mass is 35.5. The van der Waals surface area contributed by atoms with Crippen molar-refractivity contribution in [1.82, 2.24) is 0 Å². The largest absolute Gasteiger partial charge is 0.495 e. The van der Waals surface area contributed by atoms with Gasteiger partial charge in [-0.15, -0.1) is 0 Å². The molecule has 0 atom stereocenters. The highest BCUT2D eigenvalue weighted by Crippen LogP contribution is 2.27. The number of hydrogen-bond acceptors (Lipinski definition) is 2. The third kappa shape index (κ3) is 3.48. The van der Waals surface area contributed by atoms with Crippen molar-refractivity contribution in [3.05, 3.63) is 35.4 Å². The van der Waals surface area contributed by atoms with Gasteiger partial charge in [-0.1, -0.05) is 30.7 Å². The van der Waals surface area contributed by atoms with Gasteiger partial charge in [0.2, 0.25) is 0 Å². The van der Waals surface area contributed by atoms with E-state index in [1.54, 1.807) is 13.2 Å². The number of methoxy groups -OCH3 is 1. The third-order valence-electron chi connectivity index (χ3n) is 2.19. The van der Waals surface area contributed by atoms with Crippen molar-refractivity contribution < 1.29 is 4.74 Å². The monoisotopic (exact) mass is 225 g/mol. The lowest BCUT2D eigenvalue weighted by molar-refractivity contribution is 0.416. The maximum Gasteiger partial charge on any atom is 0.142 e. The molecule has 1 rings (SSSR count). The van der Waals surface area contributed by atoms with E-state index in [1.165, 1.54) is 0 Å². The molecule has 0 bridgehead atoms. The molecule has 2 nitrogen and oxygen atoms in total. The van der Waals surface area contributed by atoms with E-state index in [-0.39, 0.29) is 0 Å². The molecule has 3 heteroatoms. The number of halogens is 1. The molecule has 0 aliphatic heterocycles. The molecule has 0 aromatic heterocycles. The van der Waals surface area contributed by atoms with Crippen LogP contribution >= 0.6 is 11.6 Å². The number of anilines is 1. The summed E-state index contributed by atoms with van der Waals surface area (Å²) >= 11 is 5.91. The van der Waals surface area contributed by atoms with Gasteiger partial charge in [-0.2, -0.15) is 0 Å². The van der Waals surface area contributed by atoms with Gasteiger partial charge in [0, 0.05) is 11.6 Å². The molecule has 0 heterocycles. The topological polar surface area (TPSA) is 21.3 Å². The summed E-state index contributed by atoms with van der Waals surface area (Å²) in [6.07, 6.45) is 0.968. The fourth-order valence-corrected chi connectivity index (χ4v) is 1.34. The molecule has 1 aromatic carbocycles. The predicted molar refractivity (Wildman–Crippen MR) is 65.9 cm³/mol. The van der Waals surface area contributed by atoms with Gasteiger partial charge < -0.3 is 10.1 Å². The van der Waals surface area contributed by atoms with Crippen molar-refractivity contribution in [2.75, 3.05) is 19.0 Å². The minimum atomic E-state index is 0.695. The molecule has 0 unspecified atom stereocenters. The average molecular weight is 226 g/mol. The number of benzene rings is 1. The SMILES string of the molecule is C=C(CC)CNc1cc(Cl)ccc1OC. The lowest BCUT2D eigenvalue weighted by Crippen LogP contribution is -2.04. The van der Waals surface area contributed by atoms with Crippen LogP contribution < -0.4 is 10.1 Å². The van der Waals surface area contributed by atoms with E-state index in [0.717, 1.165) is 30.0 Å². The first-order valence-electron chi connectivity index (χ1n) is 4.91. The van der Waals surface area contributed by atoms with Gasteiger partial charge in [-0.05, 0) is 24.6 Å². The summed E-state index contributed by atoms with van der Waals surface area (Å²) in [5.74, 6) is 0.795. The van der Waals surface area contributed by atoms with Crippen molar-refractivity contribution >= 4 is 17.3 Å². The Kier molecular flexibility index (Phi) is 4.50. The first-order valence-corrected chi connectivity index (χ1v) is 5.29. The van der Waals surface area contributed by atoms with Crippen molar-refractivity contribution in [1.29, 1.82) is 0 Å².